The Kier molecular flexibility index (Phi) is 7.86. The lowest BCUT2D eigenvalue weighted by Gasteiger charge is -2.41. The molecule has 0 aromatic heterocycles. The van der Waals surface area contributed by atoms with E-state index in [1.807, 2.05) is 6.07 Å². The first-order chi connectivity index (χ1) is 10.9. The molecule has 4 heteroatoms. The smallest absolute Gasteiger partial charge is 0.161 e. The molecule has 2 N–H and O–H groups in total. The molecule has 4 nitrogen and oxygen atoms in total. The van der Waals surface area contributed by atoms with Crippen LogP contribution in [0.5, 0.6) is 11.5 Å². The molecular weight excluding hydrogens is 288 g/mol. The molecule has 0 saturated carbocycles. The van der Waals surface area contributed by atoms with E-state index in [4.69, 9.17) is 15.2 Å². The molecule has 0 bridgehead atoms. The Balaban J connectivity index is 3.06. The van der Waals surface area contributed by atoms with Gasteiger partial charge in [-0.1, -0.05) is 26.3 Å². The maximum atomic E-state index is 6.09. The third kappa shape index (κ3) is 5.40. The summed E-state index contributed by atoms with van der Waals surface area (Å²) < 4.78 is 11.3. The molecule has 0 spiro atoms. The van der Waals surface area contributed by atoms with E-state index in [1.165, 1.54) is 5.56 Å². The first-order valence-electron chi connectivity index (χ1n) is 8.66. The number of nitrogens with zero attached hydrogens (tertiary/aromatic N) is 1. The molecular formula is C19H34N2O2. The minimum absolute atomic E-state index is 0.0579. The molecule has 0 radical (unpaired) electrons. The van der Waals surface area contributed by atoms with Gasteiger partial charge in [-0.3, -0.25) is 4.90 Å². The predicted molar refractivity (Wildman–Crippen MR) is 97.3 cm³/mol. The predicted octanol–water partition coefficient (Wildman–Crippen LogP) is 3.99. The van der Waals surface area contributed by atoms with Crippen molar-refractivity contribution in [3.05, 3.63) is 23.8 Å². The SMILES string of the molecule is CCCCOc1ccc(C(CN)N(CC)C(C)(C)C)cc1OC. The summed E-state index contributed by atoms with van der Waals surface area (Å²) in [7, 11) is 1.69. The fourth-order valence-corrected chi connectivity index (χ4v) is 2.94. The number of rotatable bonds is 9. The zero-order valence-corrected chi connectivity index (χ0v) is 15.7. The second kappa shape index (κ2) is 9.14. The monoisotopic (exact) mass is 322 g/mol. The number of ether oxygens (including phenoxy) is 2. The molecule has 0 aliphatic rings. The van der Waals surface area contributed by atoms with Gasteiger partial charge in [-0.25, -0.2) is 0 Å². The van der Waals surface area contributed by atoms with Crippen LogP contribution in [-0.4, -0.2) is 37.2 Å². The van der Waals surface area contributed by atoms with Crippen molar-refractivity contribution in [3.8, 4) is 11.5 Å². The van der Waals surface area contributed by atoms with Crippen LogP contribution in [0.2, 0.25) is 0 Å². The van der Waals surface area contributed by atoms with E-state index < -0.39 is 0 Å². The molecule has 0 aliphatic carbocycles. The summed E-state index contributed by atoms with van der Waals surface area (Å²) in [4.78, 5) is 2.42. The van der Waals surface area contributed by atoms with Crippen LogP contribution < -0.4 is 15.2 Å². The summed E-state index contributed by atoms with van der Waals surface area (Å²) in [5.74, 6) is 1.58. The standard InChI is InChI=1S/C19H34N2O2/c1-7-9-12-23-17-11-10-15(13-18(17)22-6)16(14-20)21(8-2)19(3,4)5/h10-11,13,16H,7-9,12,14,20H2,1-6H3. The maximum Gasteiger partial charge on any atom is 0.161 e. The van der Waals surface area contributed by atoms with Gasteiger partial charge < -0.3 is 15.2 Å². The highest BCUT2D eigenvalue weighted by atomic mass is 16.5. The highest BCUT2D eigenvalue weighted by Gasteiger charge is 2.28. The molecule has 0 heterocycles. The van der Waals surface area contributed by atoms with E-state index in [9.17, 15) is 0 Å². The Hall–Kier alpha value is -1.26. The number of hydrogen-bond donors (Lipinski definition) is 1. The molecule has 1 atom stereocenters. The molecule has 0 fully saturated rings. The van der Waals surface area contributed by atoms with Gasteiger partial charge >= 0.3 is 0 Å². The molecule has 1 aromatic rings. The van der Waals surface area contributed by atoms with Crippen molar-refractivity contribution in [1.29, 1.82) is 0 Å². The van der Waals surface area contributed by atoms with Gasteiger partial charge in [0.15, 0.2) is 11.5 Å². The highest BCUT2D eigenvalue weighted by molar-refractivity contribution is 5.44. The lowest BCUT2D eigenvalue weighted by Crippen LogP contribution is -2.46. The van der Waals surface area contributed by atoms with E-state index in [0.717, 1.165) is 37.5 Å². The van der Waals surface area contributed by atoms with Crippen LogP contribution in [0.25, 0.3) is 0 Å². The summed E-state index contributed by atoms with van der Waals surface area (Å²) in [6.07, 6.45) is 2.16. The summed E-state index contributed by atoms with van der Waals surface area (Å²) in [6.45, 7) is 13.2. The Bertz CT molecular complexity index is 469. The van der Waals surface area contributed by atoms with Gasteiger partial charge in [0.2, 0.25) is 0 Å². The molecule has 0 amide bonds. The van der Waals surface area contributed by atoms with Gasteiger partial charge in [0.1, 0.15) is 0 Å². The van der Waals surface area contributed by atoms with Crippen molar-refractivity contribution < 1.29 is 9.47 Å². The molecule has 1 aromatic carbocycles. The largest absolute Gasteiger partial charge is 0.493 e. The number of nitrogens with two attached hydrogens (primary N) is 1. The third-order valence-corrected chi connectivity index (χ3v) is 4.13. The van der Waals surface area contributed by atoms with Gasteiger partial charge in [0, 0.05) is 18.1 Å². The fourth-order valence-electron chi connectivity index (χ4n) is 2.94. The summed E-state index contributed by atoms with van der Waals surface area (Å²) >= 11 is 0. The van der Waals surface area contributed by atoms with Gasteiger partial charge in [0.25, 0.3) is 0 Å². The van der Waals surface area contributed by atoms with Crippen LogP contribution in [0.4, 0.5) is 0 Å². The minimum Gasteiger partial charge on any atom is -0.493 e. The van der Waals surface area contributed by atoms with Crippen LogP contribution in [0, 0.1) is 0 Å². The van der Waals surface area contributed by atoms with Crippen molar-refractivity contribution in [2.24, 2.45) is 5.73 Å². The van der Waals surface area contributed by atoms with Crippen LogP contribution in [0.3, 0.4) is 0 Å². The number of benzene rings is 1. The molecule has 0 saturated heterocycles. The lowest BCUT2D eigenvalue weighted by molar-refractivity contribution is 0.0917. The van der Waals surface area contributed by atoms with Crippen LogP contribution >= 0.6 is 0 Å². The Morgan fingerprint density at radius 3 is 2.35 bits per heavy atom. The van der Waals surface area contributed by atoms with Gasteiger partial charge in [-0.2, -0.15) is 0 Å². The average molecular weight is 322 g/mol. The van der Waals surface area contributed by atoms with Crippen LogP contribution in [0.1, 0.15) is 59.1 Å². The first-order valence-corrected chi connectivity index (χ1v) is 8.66. The minimum atomic E-state index is 0.0579. The topological polar surface area (TPSA) is 47.7 Å². The first kappa shape index (κ1) is 19.8. The Morgan fingerprint density at radius 2 is 1.87 bits per heavy atom. The van der Waals surface area contributed by atoms with Crippen LogP contribution in [0.15, 0.2) is 18.2 Å². The molecule has 132 valence electrons. The third-order valence-electron chi connectivity index (χ3n) is 4.13. The second-order valence-electron chi connectivity index (χ2n) is 6.82. The summed E-state index contributed by atoms with van der Waals surface area (Å²) in [5.41, 5.74) is 7.32. The zero-order valence-electron chi connectivity index (χ0n) is 15.7. The average Bonchev–Trinajstić information content (AvgIpc) is 2.51. The molecule has 23 heavy (non-hydrogen) atoms. The Labute approximate surface area is 142 Å². The van der Waals surface area contributed by atoms with Crippen molar-refractivity contribution in [2.45, 2.75) is 59.0 Å². The normalized spacial score (nSPS) is 13.2. The van der Waals surface area contributed by atoms with Crippen molar-refractivity contribution in [2.75, 3.05) is 26.8 Å². The maximum absolute atomic E-state index is 6.09. The van der Waals surface area contributed by atoms with E-state index in [0.29, 0.717) is 6.54 Å². The number of hydrogen-bond acceptors (Lipinski definition) is 4. The number of likely N-dealkylation sites (N-methyl/N-ethyl adjacent to an activating group) is 1. The second-order valence-corrected chi connectivity index (χ2v) is 6.82. The van der Waals surface area contributed by atoms with Crippen LogP contribution in [-0.2, 0) is 0 Å². The number of methoxy groups -OCH3 is 1. The zero-order chi connectivity index (χ0) is 17.5. The molecule has 0 aliphatic heterocycles. The van der Waals surface area contributed by atoms with E-state index in [1.54, 1.807) is 7.11 Å². The highest BCUT2D eigenvalue weighted by Crippen LogP contribution is 2.34. The number of unbranched alkanes of at least 4 members (excludes halogenated alkanes) is 1. The van der Waals surface area contributed by atoms with Gasteiger partial charge in [-0.15, -0.1) is 0 Å². The lowest BCUT2D eigenvalue weighted by atomic mass is 9.97. The van der Waals surface area contributed by atoms with Gasteiger partial charge in [0.05, 0.1) is 13.7 Å². The van der Waals surface area contributed by atoms with Crippen molar-refractivity contribution >= 4 is 0 Å². The molecule has 1 unspecified atom stereocenters. The quantitative estimate of drug-likeness (QED) is 0.698. The van der Waals surface area contributed by atoms with Crippen molar-refractivity contribution in [1.82, 2.24) is 4.90 Å². The van der Waals surface area contributed by atoms with Crippen molar-refractivity contribution in [3.63, 3.8) is 0 Å². The summed E-state index contributed by atoms with van der Waals surface area (Å²) in [5, 5.41) is 0. The molecule has 1 rings (SSSR count). The summed E-state index contributed by atoms with van der Waals surface area (Å²) in [6, 6.07) is 6.34. The van der Waals surface area contributed by atoms with E-state index >= 15 is 0 Å². The van der Waals surface area contributed by atoms with Gasteiger partial charge in [-0.05, 0) is 51.4 Å². The Morgan fingerprint density at radius 1 is 1.17 bits per heavy atom. The van der Waals surface area contributed by atoms with E-state index in [-0.39, 0.29) is 11.6 Å². The fraction of sp³-hybridized carbons (Fsp3) is 0.684. The van der Waals surface area contributed by atoms with E-state index in [2.05, 4.69) is 51.7 Å².